The first-order valence-electron chi connectivity index (χ1n) is 14.6. The monoisotopic (exact) mass is 607 g/mol. The van der Waals surface area contributed by atoms with Gasteiger partial charge in [0.1, 0.15) is 22.5 Å². The Labute approximate surface area is 258 Å². The molecular formula is C39H20F3NO3. The molecule has 0 aliphatic carbocycles. The molecule has 0 bridgehead atoms. The molecule has 9 aromatic rings. The summed E-state index contributed by atoms with van der Waals surface area (Å²) in [5, 5.41) is 4.67. The molecule has 4 nitrogen and oxygen atoms in total. The molecule has 220 valence electrons. The van der Waals surface area contributed by atoms with E-state index >= 15 is 0 Å². The Morgan fingerprint density at radius 3 is 2.09 bits per heavy atom. The predicted molar refractivity (Wildman–Crippen MR) is 175 cm³/mol. The molecule has 3 aromatic heterocycles. The first-order valence-corrected chi connectivity index (χ1v) is 14.6. The molecular weight excluding hydrogens is 587 g/mol. The Morgan fingerprint density at radius 2 is 1.24 bits per heavy atom. The van der Waals surface area contributed by atoms with Crippen molar-refractivity contribution in [2.45, 2.75) is 0 Å². The highest BCUT2D eigenvalue weighted by Gasteiger charge is 2.18. The van der Waals surface area contributed by atoms with E-state index in [2.05, 4.69) is 34.9 Å². The second-order valence-corrected chi connectivity index (χ2v) is 11.3. The molecule has 0 aliphatic rings. The number of para-hydroxylation sites is 2. The number of rotatable bonds is 3. The third-order valence-corrected chi connectivity index (χ3v) is 8.66. The van der Waals surface area contributed by atoms with E-state index in [-0.39, 0.29) is 11.0 Å². The molecule has 0 radical (unpaired) electrons. The van der Waals surface area contributed by atoms with Gasteiger partial charge in [-0.25, -0.2) is 13.2 Å². The van der Waals surface area contributed by atoms with Gasteiger partial charge in [0.05, 0.1) is 16.4 Å². The minimum absolute atomic E-state index is 0.0657. The first kappa shape index (κ1) is 26.3. The van der Waals surface area contributed by atoms with E-state index in [0.29, 0.717) is 27.9 Å². The fourth-order valence-corrected chi connectivity index (χ4v) is 6.45. The average Bonchev–Trinajstić information content (AvgIpc) is 3.61. The molecule has 0 N–H and O–H groups in total. The van der Waals surface area contributed by atoms with Gasteiger partial charge in [-0.3, -0.25) is 4.79 Å². The maximum Gasteiger partial charge on any atom is 0.195 e. The smallest absolute Gasteiger partial charge is 0.195 e. The molecule has 0 atom stereocenters. The Kier molecular flexibility index (Phi) is 5.56. The molecule has 3 heterocycles. The van der Waals surface area contributed by atoms with E-state index in [4.69, 9.17) is 8.83 Å². The highest BCUT2D eigenvalue weighted by Crippen LogP contribution is 2.38. The summed E-state index contributed by atoms with van der Waals surface area (Å²) in [6.07, 6.45) is 0. The van der Waals surface area contributed by atoms with Gasteiger partial charge >= 0.3 is 0 Å². The van der Waals surface area contributed by atoms with Gasteiger partial charge in [0.2, 0.25) is 0 Å². The molecule has 0 unspecified atom stereocenters. The van der Waals surface area contributed by atoms with Crippen LogP contribution < -0.4 is 5.43 Å². The molecule has 7 heteroatoms. The molecule has 0 spiro atoms. The minimum Gasteiger partial charge on any atom is -0.456 e. The van der Waals surface area contributed by atoms with Crippen LogP contribution in [0.15, 0.2) is 135 Å². The summed E-state index contributed by atoms with van der Waals surface area (Å²) in [5.74, 6) is -3.71. The quantitative estimate of drug-likeness (QED) is 0.188. The average molecular weight is 608 g/mol. The SMILES string of the molecule is O=c1cc(-c2ccc(-c3ccc(F)c(F)c3F)cc2)oc2ccc(-n3c4ccccc4c4cc5c(cc43)oc3ccccc35)cc12. The van der Waals surface area contributed by atoms with Crippen molar-refractivity contribution >= 4 is 54.7 Å². The molecule has 0 saturated carbocycles. The van der Waals surface area contributed by atoms with Crippen molar-refractivity contribution in [2.75, 3.05) is 0 Å². The van der Waals surface area contributed by atoms with Crippen molar-refractivity contribution in [3.63, 3.8) is 0 Å². The van der Waals surface area contributed by atoms with Gasteiger partial charge in [-0.05, 0) is 54.1 Å². The van der Waals surface area contributed by atoms with Crippen LogP contribution in [0.1, 0.15) is 0 Å². The summed E-state index contributed by atoms with van der Waals surface area (Å²) >= 11 is 0. The number of nitrogens with zero attached hydrogens (tertiary/aromatic N) is 1. The normalized spacial score (nSPS) is 11.9. The number of furan rings is 1. The second kappa shape index (κ2) is 9.71. The van der Waals surface area contributed by atoms with E-state index in [9.17, 15) is 18.0 Å². The third kappa shape index (κ3) is 3.85. The summed E-state index contributed by atoms with van der Waals surface area (Å²) in [5.41, 5.74) is 5.39. The lowest BCUT2D eigenvalue weighted by Crippen LogP contribution is -2.02. The number of halogens is 3. The molecule has 0 fully saturated rings. The lowest BCUT2D eigenvalue weighted by atomic mass is 10.0. The van der Waals surface area contributed by atoms with Gasteiger partial charge in [0.15, 0.2) is 22.9 Å². The number of hydrogen-bond acceptors (Lipinski definition) is 3. The standard InChI is InChI=1S/C39H20F3NO3/c40-30-15-14-24(38(41)39(30)42)21-9-11-22(12-10-21)36-20-33(44)29-17-23(13-16-35(29)45-36)43-31-7-3-1-5-25(31)27-18-28-26-6-2-4-8-34(26)46-37(28)19-32(27)43/h1-20H. The summed E-state index contributed by atoms with van der Waals surface area (Å²) in [4.78, 5) is 13.5. The molecule has 9 rings (SSSR count). The minimum atomic E-state index is -1.52. The molecule has 6 aromatic carbocycles. The van der Waals surface area contributed by atoms with Crippen LogP contribution >= 0.6 is 0 Å². The summed E-state index contributed by atoms with van der Waals surface area (Å²) in [6.45, 7) is 0. The van der Waals surface area contributed by atoms with Crippen molar-refractivity contribution < 1.29 is 22.0 Å². The number of fused-ring (bicyclic) bond motifs is 7. The highest BCUT2D eigenvalue weighted by molar-refractivity contribution is 6.17. The Balaban J connectivity index is 1.16. The topological polar surface area (TPSA) is 48.3 Å². The summed E-state index contributed by atoms with van der Waals surface area (Å²) in [7, 11) is 0. The van der Waals surface area contributed by atoms with Gasteiger partial charge in [-0.1, -0.05) is 60.7 Å². The van der Waals surface area contributed by atoms with E-state index in [0.717, 1.165) is 55.5 Å². The van der Waals surface area contributed by atoms with Crippen LogP contribution in [0.25, 0.3) is 82.9 Å². The van der Waals surface area contributed by atoms with Crippen molar-refractivity contribution in [3.05, 3.63) is 149 Å². The van der Waals surface area contributed by atoms with E-state index in [1.165, 1.54) is 12.1 Å². The van der Waals surface area contributed by atoms with Crippen LogP contribution in [0.4, 0.5) is 13.2 Å². The predicted octanol–water partition coefficient (Wildman–Crippen LogP) is 10.5. The van der Waals surface area contributed by atoms with Crippen molar-refractivity contribution in [1.82, 2.24) is 4.57 Å². The zero-order chi connectivity index (χ0) is 31.1. The highest BCUT2D eigenvalue weighted by atomic mass is 19.2. The zero-order valence-corrected chi connectivity index (χ0v) is 23.9. The van der Waals surface area contributed by atoms with Crippen LogP contribution in [0.3, 0.4) is 0 Å². The van der Waals surface area contributed by atoms with Gasteiger partial charge in [0.25, 0.3) is 0 Å². The van der Waals surface area contributed by atoms with Crippen molar-refractivity contribution in [2.24, 2.45) is 0 Å². The fourth-order valence-electron chi connectivity index (χ4n) is 6.45. The van der Waals surface area contributed by atoms with Gasteiger partial charge in [-0.2, -0.15) is 0 Å². The van der Waals surface area contributed by atoms with Gasteiger partial charge < -0.3 is 13.4 Å². The lowest BCUT2D eigenvalue weighted by Gasteiger charge is -2.10. The molecule has 0 aliphatic heterocycles. The van der Waals surface area contributed by atoms with Crippen LogP contribution in [0, 0.1) is 17.5 Å². The Bertz CT molecular complexity index is 2750. The largest absolute Gasteiger partial charge is 0.456 e. The zero-order valence-electron chi connectivity index (χ0n) is 23.9. The van der Waals surface area contributed by atoms with E-state index in [1.807, 2.05) is 42.5 Å². The molecule has 46 heavy (non-hydrogen) atoms. The van der Waals surface area contributed by atoms with Crippen LogP contribution in [0.5, 0.6) is 0 Å². The van der Waals surface area contributed by atoms with Crippen LogP contribution in [0.2, 0.25) is 0 Å². The van der Waals surface area contributed by atoms with E-state index in [1.54, 1.807) is 30.3 Å². The third-order valence-electron chi connectivity index (χ3n) is 8.66. The summed E-state index contributed by atoms with van der Waals surface area (Å²) < 4.78 is 56.0. The maximum absolute atomic E-state index is 14.3. The molecule has 0 saturated heterocycles. The van der Waals surface area contributed by atoms with Crippen LogP contribution in [-0.4, -0.2) is 4.57 Å². The lowest BCUT2D eigenvalue weighted by molar-refractivity contribution is 0.449. The Hall–Kier alpha value is -6.08. The number of benzene rings is 6. The van der Waals surface area contributed by atoms with E-state index < -0.39 is 17.5 Å². The Morgan fingerprint density at radius 1 is 0.500 bits per heavy atom. The second-order valence-electron chi connectivity index (χ2n) is 11.3. The summed E-state index contributed by atoms with van der Waals surface area (Å²) in [6, 6.07) is 35.8. The molecule has 0 amide bonds. The number of hydrogen-bond donors (Lipinski definition) is 0. The van der Waals surface area contributed by atoms with Crippen molar-refractivity contribution in [1.29, 1.82) is 0 Å². The number of aromatic nitrogens is 1. The first-order chi connectivity index (χ1) is 22.4. The maximum atomic E-state index is 14.3. The van der Waals surface area contributed by atoms with Crippen LogP contribution in [-0.2, 0) is 0 Å². The van der Waals surface area contributed by atoms with Gasteiger partial charge in [0, 0.05) is 50.5 Å². The fraction of sp³-hybridized carbons (Fsp3) is 0. The van der Waals surface area contributed by atoms with Crippen molar-refractivity contribution in [3.8, 4) is 28.1 Å². The van der Waals surface area contributed by atoms with Gasteiger partial charge in [-0.15, -0.1) is 0 Å².